The molecule has 2 aromatic heterocycles. The lowest BCUT2D eigenvalue weighted by molar-refractivity contribution is -0.119. The van der Waals surface area contributed by atoms with Crippen LogP contribution < -0.4 is 10.9 Å². The van der Waals surface area contributed by atoms with Crippen molar-refractivity contribution in [2.75, 3.05) is 5.75 Å². The molecule has 0 saturated carbocycles. The fraction of sp³-hybridized carbons (Fsp3) is 0.650. The molecular formula is C20H29N3O2S2. The Morgan fingerprint density at radius 2 is 2.26 bits per heavy atom. The van der Waals surface area contributed by atoms with Gasteiger partial charge in [0, 0.05) is 10.9 Å². The Labute approximate surface area is 168 Å². The molecule has 2 heterocycles. The van der Waals surface area contributed by atoms with Crippen LogP contribution in [0.4, 0.5) is 0 Å². The molecule has 27 heavy (non-hydrogen) atoms. The monoisotopic (exact) mass is 407 g/mol. The number of H-pyrrole nitrogens is 1. The number of carbonyl (C=O) groups is 1. The lowest BCUT2D eigenvalue weighted by atomic mass is 9.89. The van der Waals surface area contributed by atoms with Crippen LogP contribution in [-0.4, -0.2) is 27.7 Å². The fourth-order valence-corrected chi connectivity index (χ4v) is 5.73. The molecule has 0 bridgehead atoms. The number of aryl methyl sites for hydroxylation is 1. The number of thioether (sulfide) groups is 1. The number of rotatable bonds is 8. The van der Waals surface area contributed by atoms with Crippen LogP contribution in [0.1, 0.15) is 63.3 Å². The lowest BCUT2D eigenvalue weighted by Crippen LogP contribution is -2.33. The highest BCUT2D eigenvalue weighted by atomic mass is 32.2. The first kappa shape index (κ1) is 20.4. The molecule has 2 atom stereocenters. The summed E-state index contributed by atoms with van der Waals surface area (Å²) in [7, 11) is 0. The SMILES string of the molecule is CCCCC[C@@H](C)NC(=O)CSc1nc2sc3c(c2c(=O)[nH]1)CC[C@H](C)C3. The van der Waals surface area contributed by atoms with E-state index in [4.69, 9.17) is 0 Å². The van der Waals surface area contributed by atoms with E-state index in [1.54, 1.807) is 11.3 Å². The van der Waals surface area contributed by atoms with Gasteiger partial charge in [-0.1, -0.05) is 44.9 Å². The smallest absolute Gasteiger partial charge is 0.260 e. The molecule has 5 nitrogen and oxygen atoms in total. The second-order valence-electron chi connectivity index (χ2n) is 7.66. The van der Waals surface area contributed by atoms with E-state index >= 15 is 0 Å². The molecule has 2 aromatic rings. The Bertz CT molecular complexity index is 859. The van der Waals surface area contributed by atoms with Crippen molar-refractivity contribution in [2.45, 2.75) is 76.9 Å². The van der Waals surface area contributed by atoms with Crippen LogP contribution in [0, 0.1) is 5.92 Å². The van der Waals surface area contributed by atoms with Crippen LogP contribution >= 0.6 is 23.1 Å². The summed E-state index contributed by atoms with van der Waals surface area (Å²) in [6.07, 6.45) is 7.66. The van der Waals surface area contributed by atoms with Crippen LogP contribution in [-0.2, 0) is 17.6 Å². The van der Waals surface area contributed by atoms with Gasteiger partial charge in [0.15, 0.2) is 5.16 Å². The summed E-state index contributed by atoms with van der Waals surface area (Å²) in [5.41, 5.74) is 1.12. The van der Waals surface area contributed by atoms with Crippen LogP contribution in [0.15, 0.2) is 9.95 Å². The van der Waals surface area contributed by atoms with Crippen LogP contribution in [0.25, 0.3) is 10.2 Å². The number of fused-ring (bicyclic) bond motifs is 3. The van der Waals surface area contributed by atoms with E-state index in [0.717, 1.165) is 42.3 Å². The molecular weight excluding hydrogens is 378 g/mol. The molecule has 0 unspecified atom stereocenters. The second kappa shape index (κ2) is 9.24. The number of aromatic nitrogens is 2. The van der Waals surface area contributed by atoms with Gasteiger partial charge in [0.05, 0.1) is 11.1 Å². The summed E-state index contributed by atoms with van der Waals surface area (Å²) >= 11 is 2.95. The molecule has 0 saturated heterocycles. The molecule has 2 N–H and O–H groups in total. The molecule has 0 radical (unpaired) electrons. The number of amides is 1. The molecule has 0 fully saturated rings. The van der Waals surface area contributed by atoms with Crippen molar-refractivity contribution in [1.29, 1.82) is 0 Å². The average Bonchev–Trinajstić information content (AvgIpc) is 2.97. The van der Waals surface area contributed by atoms with Crippen molar-refractivity contribution in [3.8, 4) is 0 Å². The van der Waals surface area contributed by atoms with Gasteiger partial charge in [-0.25, -0.2) is 4.98 Å². The van der Waals surface area contributed by atoms with Gasteiger partial charge in [-0.3, -0.25) is 9.59 Å². The number of unbranched alkanes of at least 4 members (excludes halogenated alkanes) is 2. The third kappa shape index (κ3) is 5.13. The average molecular weight is 408 g/mol. The Hall–Kier alpha value is -1.34. The van der Waals surface area contributed by atoms with Crippen molar-refractivity contribution in [1.82, 2.24) is 15.3 Å². The van der Waals surface area contributed by atoms with Gasteiger partial charge >= 0.3 is 0 Å². The van der Waals surface area contributed by atoms with E-state index in [1.165, 1.54) is 35.0 Å². The maximum absolute atomic E-state index is 12.6. The predicted octanol–water partition coefficient (Wildman–Crippen LogP) is 4.29. The Kier molecular flexibility index (Phi) is 6.98. The van der Waals surface area contributed by atoms with Gasteiger partial charge in [-0.05, 0) is 44.1 Å². The van der Waals surface area contributed by atoms with E-state index in [1.807, 2.05) is 6.92 Å². The first-order valence-electron chi connectivity index (χ1n) is 9.94. The summed E-state index contributed by atoms with van der Waals surface area (Å²) < 4.78 is 0. The molecule has 1 aliphatic carbocycles. The van der Waals surface area contributed by atoms with Crippen molar-refractivity contribution in [3.05, 3.63) is 20.8 Å². The summed E-state index contributed by atoms with van der Waals surface area (Å²) in [5, 5.41) is 4.33. The quantitative estimate of drug-likeness (QED) is 0.389. The summed E-state index contributed by atoms with van der Waals surface area (Å²) in [5.74, 6) is 0.932. The van der Waals surface area contributed by atoms with Crippen LogP contribution in [0.2, 0.25) is 0 Å². The Morgan fingerprint density at radius 1 is 1.44 bits per heavy atom. The minimum Gasteiger partial charge on any atom is -0.353 e. The Balaban J connectivity index is 1.62. The van der Waals surface area contributed by atoms with Gasteiger partial charge in [0.25, 0.3) is 5.56 Å². The van der Waals surface area contributed by atoms with E-state index in [2.05, 4.69) is 29.1 Å². The van der Waals surface area contributed by atoms with Gasteiger partial charge in [-0.2, -0.15) is 0 Å². The summed E-state index contributed by atoms with van der Waals surface area (Å²) in [4.78, 5) is 34.4. The highest BCUT2D eigenvalue weighted by molar-refractivity contribution is 7.99. The molecule has 3 rings (SSSR count). The number of nitrogens with one attached hydrogen (secondary N) is 2. The lowest BCUT2D eigenvalue weighted by Gasteiger charge is -2.17. The van der Waals surface area contributed by atoms with Crippen molar-refractivity contribution in [3.63, 3.8) is 0 Å². The highest BCUT2D eigenvalue weighted by Gasteiger charge is 2.23. The summed E-state index contributed by atoms with van der Waals surface area (Å²) in [6, 6.07) is 0.185. The van der Waals surface area contributed by atoms with Gasteiger partial charge in [0.2, 0.25) is 5.91 Å². The standard InChI is InChI=1S/C20H29N3O2S2/c1-4-5-6-7-13(3)21-16(24)11-26-20-22-18(25)17-14-9-8-12(2)10-15(14)27-19(17)23-20/h12-13H,4-11H2,1-3H3,(H,21,24)(H,22,23,25)/t12-,13+/m0/s1. The third-order valence-corrected chi connectivity index (χ3v) is 7.15. The second-order valence-corrected chi connectivity index (χ2v) is 9.70. The van der Waals surface area contributed by atoms with Gasteiger partial charge in [0.1, 0.15) is 4.83 Å². The number of thiophene rings is 1. The largest absolute Gasteiger partial charge is 0.353 e. The zero-order valence-electron chi connectivity index (χ0n) is 16.4. The maximum atomic E-state index is 12.6. The van der Waals surface area contributed by atoms with E-state index in [0.29, 0.717) is 11.1 Å². The molecule has 1 amide bonds. The first-order chi connectivity index (χ1) is 13.0. The number of hydrogen-bond acceptors (Lipinski definition) is 5. The molecule has 0 spiro atoms. The van der Waals surface area contributed by atoms with E-state index < -0.39 is 0 Å². The summed E-state index contributed by atoms with van der Waals surface area (Å²) in [6.45, 7) is 6.48. The minimum absolute atomic E-state index is 0.00829. The number of aromatic amines is 1. The van der Waals surface area contributed by atoms with E-state index in [-0.39, 0.29) is 23.3 Å². The zero-order valence-corrected chi connectivity index (χ0v) is 18.0. The number of hydrogen-bond donors (Lipinski definition) is 2. The molecule has 1 aliphatic rings. The molecule has 7 heteroatoms. The van der Waals surface area contributed by atoms with Crippen LogP contribution in [0.3, 0.4) is 0 Å². The fourth-order valence-electron chi connectivity index (χ4n) is 3.62. The number of carbonyl (C=O) groups excluding carboxylic acids is 1. The molecule has 148 valence electrons. The first-order valence-corrected chi connectivity index (χ1v) is 11.7. The molecule has 0 aromatic carbocycles. The number of nitrogens with zero attached hydrogens (tertiary/aromatic N) is 1. The predicted molar refractivity (Wildman–Crippen MR) is 114 cm³/mol. The van der Waals surface area contributed by atoms with Crippen molar-refractivity contribution >= 4 is 39.2 Å². The van der Waals surface area contributed by atoms with Gasteiger partial charge in [-0.15, -0.1) is 11.3 Å². The third-order valence-electron chi connectivity index (χ3n) is 5.13. The Morgan fingerprint density at radius 3 is 3.04 bits per heavy atom. The molecule has 0 aliphatic heterocycles. The van der Waals surface area contributed by atoms with Gasteiger partial charge < -0.3 is 10.3 Å². The topological polar surface area (TPSA) is 74.8 Å². The zero-order chi connectivity index (χ0) is 19.4. The van der Waals surface area contributed by atoms with Crippen LogP contribution in [0.5, 0.6) is 0 Å². The minimum atomic E-state index is -0.0668. The van der Waals surface area contributed by atoms with Crippen molar-refractivity contribution in [2.24, 2.45) is 5.92 Å². The highest BCUT2D eigenvalue weighted by Crippen LogP contribution is 2.36. The van der Waals surface area contributed by atoms with E-state index in [9.17, 15) is 9.59 Å². The maximum Gasteiger partial charge on any atom is 0.260 e. The normalized spacial score (nSPS) is 17.7. The van der Waals surface area contributed by atoms with Crippen molar-refractivity contribution < 1.29 is 4.79 Å².